The summed E-state index contributed by atoms with van der Waals surface area (Å²) in [6, 6.07) is 11.2. The van der Waals surface area contributed by atoms with Gasteiger partial charge in [0.2, 0.25) is 5.91 Å². The van der Waals surface area contributed by atoms with E-state index >= 15 is 0 Å². The number of nitrogens with one attached hydrogen (secondary N) is 1. The SMILES string of the molecule is CC(N)CC(=O)NCc1ccc(Oc2ccc(C(F)(F)F)cc2)cc1.Cl. The van der Waals surface area contributed by atoms with Crippen LogP contribution in [0.2, 0.25) is 0 Å². The molecule has 0 fully saturated rings. The highest BCUT2D eigenvalue weighted by Crippen LogP contribution is 2.31. The van der Waals surface area contributed by atoms with E-state index in [1.165, 1.54) is 12.1 Å². The lowest BCUT2D eigenvalue weighted by Crippen LogP contribution is -2.29. The first-order valence-corrected chi connectivity index (χ1v) is 7.70. The minimum atomic E-state index is -4.37. The van der Waals surface area contributed by atoms with E-state index in [-0.39, 0.29) is 30.8 Å². The fourth-order valence-corrected chi connectivity index (χ4v) is 2.09. The summed E-state index contributed by atoms with van der Waals surface area (Å²) in [7, 11) is 0. The molecule has 2 rings (SSSR count). The van der Waals surface area contributed by atoms with E-state index in [1.807, 2.05) is 0 Å². The maximum Gasteiger partial charge on any atom is 0.416 e. The molecule has 26 heavy (non-hydrogen) atoms. The van der Waals surface area contributed by atoms with Gasteiger partial charge in [0.1, 0.15) is 11.5 Å². The highest BCUT2D eigenvalue weighted by molar-refractivity contribution is 5.85. The minimum Gasteiger partial charge on any atom is -0.457 e. The van der Waals surface area contributed by atoms with Gasteiger partial charge in [-0.05, 0) is 48.9 Å². The van der Waals surface area contributed by atoms with Gasteiger partial charge in [-0.1, -0.05) is 12.1 Å². The van der Waals surface area contributed by atoms with Gasteiger partial charge >= 0.3 is 6.18 Å². The van der Waals surface area contributed by atoms with Crippen LogP contribution in [-0.4, -0.2) is 11.9 Å². The highest BCUT2D eigenvalue weighted by Gasteiger charge is 2.30. The maximum absolute atomic E-state index is 12.5. The number of halogens is 4. The van der Waals surface area contributed by atoms with Crippen LogP contribution >= 0.6 is 12.4 Å². The zero-order valence-corrected chi connectivity index (χ0v) is 14.9. The normalized spacial score (nSPS) is 12.0. The molecule has 1 atom stereocenters. The number of amides is 1. The van der Waals surface area contributed by atoms with Gasteiger partial charge in [0.25, 0.3) is 0 Å². The van der Waals surface area contributed by atoms with Crippen molar-refractivity contribution in [2.75, 3.05) is 0 Å². The number of carbonyl (C=O) groups excluding carboxylic acids is 1. The molecule has 1 amide bonds. The van der Waals surface area contributed by atoms with Gasteiger partial charge in [-0.2, -0.15) is 13.2 Å². The van der Waals surface area contributed by atoms with Crippen molar-refractivity contribution in [3.8, 4) is 11.5 Å². The van der Waals surface area contributed by atoms with E-state index in [0.29, 0.717) is 18.0 Å². The number of alkyl halides is 3. The number of hydrogen-bond acceptors (Lipinski definition) is 3. The molecular weight excluding hydrogens is 369 g/mol. The van der Waals surface area contributed by atoms with E-state index in [9.17, 15) is 18.0 Å². The first-order chi connectivity index (χ1) is 11.7. The monoisotopic (exact) mass is 388 g/mol. The van der Waals surface area contributed by atoms with Crippen LogP contribution in [-0.2, 0) is 17.5 Å². The molecule has 0 aliphatic rings. The van der Waals surface area contributed by atoms with Crippen LogP contribution in [0.5, 0.6) is 11.5 Å². The van der Waals surface area contributed by atoms with Gasteiger partial charge in [0, 0.05) is 19.0 Å². The molecule has 8 heteroatoms. The topological polar surface area (TPSA) is 64.4 Å². The van der Waals surface area contributed by atoms with Crippen molar-refractivity contribution < 1.29 is 22.7 Å². The summed E-state index contributed by atoms with van der Waals surface area (Å²) in [6.45, 7) is 2.12. The third-order valence-electron chi connectivity index (χ3n) is 3.34. The lowest BCUT2D eigenvalue weighted by molar-refractivity contribution is -0.137. The molecule has 3 N–H and O–H groups in total. The fraction of sp³-hybridized carbons (Fsp3) is 0.278. The predicted octanol–water partition coefficient (Wildman–Crippen LogP) is 4.27. The quantitative estimate of drug-likeness (QED) is 0.776. The minimum absolute atomic E-state index is 0. The molecule has 2 aromatic carbocycles. The van der Waals surface area contributed by atoms with Crippen molar-refractivity contribution in [3.63, 3.8) is 0 Å². The summed E-state index contributed by atoms with van der Waals surface area (Å²) in [5.74, 6) is 0.677. The van der Waals surface area contributed by atoms with E-state index in [0.717, 1.165) is 17.7 Å². The summed E-state index contributed by atoms with van der Waals surface area (Å²) in [5, 5.41) is 2.75. The fourth-order valence-electron chi connectivity index (χ4n) is 2.09. The second-order valence-corrected chi connectivity index (χ2v) is 5.73. The molecule has 1 unspecified atom stereocenters. The average molecular weight is 389 g/mol. The van der Waals surface area contributed by atoms with E-state index < -0.39 is 11.7 Å². The van der Waals surface area contributed by atoms with Crippen molar-refractivity contribution in [1.29, 1.82) is 0 Å². The van der Waals surface area contributed by atoms with Crippen LogP contribution < -0.4 is 15.8 Å². The van der Waals surface area contributed by atoms with Gasteiger partial charge in [-0.15, -0.1) is 12.4 Å². The lowest BCUT2D eigenvalue weighted by Gasteiger charge is -2.10. The molecule has 142 valence electrons. The standard InChI is InChI=1S/C18H19F3N2O2.ClH/c1-12(22)10-17(24)23-11-13-2-6-15(7-3-13)25-16-8-4-14(5-9-16)18(19,20)21;/h2-9,12H,10-11,22H2,1H3,(H,23,24);1H. The largest absolute Gasteiger partial charge is 0.457 e. The molecule has 4 nitrogen and oxygen atoms in total. The van der Waals surface area contributed by atoms with Crippen molar-refractivity contribution in [2.24, 2.45) is 5.73 Å². The Balaban J connectivity index is 0.00000338. The third kappa shape index (κ3) is 6.93. The third-order valence-corrected chi connectivity index (χ3v) is 3.34. The second-order valence-electron chi connectivity index (χ2n) is 5.73. The number of rotatable bonds is 6. The van der Waals surface area contributed by atoms with Crippen molar-refractivity contribution in [1.82, 2.24) is 5.32 Å². The predicted molar refractivity (Wildman–Crippen MR) is 95.3 cm³/mol. The summed E-state index contributed by atoms with van der Waals surface area (Å²) in [5.41, 5.74) is 5.70. The number of hydrogen-bond donors (Lipinski definition) is 2. The summed E-state index contributed by atoms with van der Waals surface area (Å²) >= 11 is 0. The van der Waals surface area contributed by atoms with Crippen molar-refractivity contribution in [3.05, 3.63) is 59.7 Å². The zero-order chi connectivity index (χ0) is 18.4. The number of nitrogens with two attached hydrogens (primary N) is 1. The molecule has 0 aliphatic carbocycles. The number of ether oxygens (including phenoxy) is 1. The molecular formula is C18H20ClF3N2O2. The van der Waals surface area contributed by atoms with Crippen molar-refractivity contribution >= 4 is 18.3 Å². The van der Waals surface area contributed by atoms with Crippen LogP contribution in [0, 0.1) is 0 Å². The van der Waals surface area contributed by atoms with Crippen LogP contribution in [0.25, 0.3) is 0 Å². The molecule has 2 aromatic rings. The maximum atomic E-state index is 12.5. The van der Waals surface area contributed by atoms with Crippen molar-refractivity contribution in [2.45, 2.75) is 32.1 Å². The Labute approximate surface area is 155 Å². The zero-order valence-electron chi connectivity index (χ0n) is 14.0. The van der Waals surface area contributed by atoms with Gasteiger partial charge in [-0.3, -0.25) is 4.79 Å². The van der Waals surface area contributed by atoms with Gasteiger partial charge in [0.15, 0.2) is 0 Å². The Morgan fingerprint density at radius 3 is 2.04 bits per heavy atom. The van der Waals surface area contributed by atoms with Gasteiger partial charge in [-0.25, -0.2) is 0 Å². The Bertz CT molecular complexity index is 702. The molecule has 0 heterocycles. The molecule has 0 saturated heterocycles. The Hall–Kier alpha value is -2.25. The first-order valence-electron chi connectivity index (χ1n) is 7.70. The Kier molecular flexibility index (Phi) is 7.92. The van der Waals surface area contributed by atoms with E-state index in [1.54, 1.807) is 31.2 Å². The van der Waals surface area contributed by atoms with Crippen LogP contribution in [0.4, 0.5) is 13.2 Å². The first kappa shape index (κ1) is 21.8. The van der Waals surface area contributed by atoms with E-state index in [2.05, 4.69) is 5.32 Å². The summed E-state index contributed by atoms with van der Waals surface area (Å²) < 4.78 is 43.0. The van der Waals surface area contributed by atoms with Crippen LogP contribution in [0.3, 0.4) is 0 Å². The average Bonchev–Trinajstić information content (AvgIpc) is 2.53. The lowest BCUT2D eigenvalue weighted by atomic mass is 10.2. The number of carbonyl (C=O) groups is 1. The molecule has 0 saturated carbocycles. The molecule has 0 radical (unpaired) electrons. The molecule has 0 aliphatic heterocycles. The highest BCUT2D eigenvalue weighted by atomic mass is 35.5. The summed E-state index contributed by atoms with van der Waals surface area (Å²) in [6.07, 6.45) is -4.11. The smallest absolute Gasteiger partial charge is 0.416 e. The number of benzene rings is 2. The molecule has 0 bridgehead atoms. The molecule has 0 aromatic heterocycles. The molecule has 0 spiro atoms. The second kappa shape index (κ2) is 9.45. The van der Waals surface area contributed by atoms with Gasteiger partial charge in [0.05, 0.1) is 5.56 Å². The van der Waals surface area contributed by atoms with E-state index in [4.69, 9.17) is 10.5 Å². The Morgan fingerprint density at radius 1 is 1.08 bits per heavy atom. The van der Waals surface area contributed by atoms with Crippen LogP contribution in [0.1, 0.15) is 24.5 Å². The Morgan fingerprint density at radius 2 is 1.58 bits per heavy atom. The van der Waals surface area contributed by atoms with Gasteiger partial charge < -0.3 is 15.8 Å². The summed E-state index contributed by atoms with van der Waals surface area (Å²) in [4.78, 5) is 11.5. The van der Waals surface area contributed by atoms with Crippen LogP contribution in [0.15, 0.2) is 48.5 Å².